The predicted octanol–water partition coefficient (Wildman–Crippen LogP) is 2.05. The van der Waals surface area contributed by atoms with E-state index >= 15 is 0 Å². The van der Waals surface area contributed by atoms with Crippen LogP contribution in [-0.2, 0) is 22.5 Å². The standard InChI is InChI=1S/C23H21F2N3O5/c1-2-33-21(30)13-26-22(31)28-20(29)12-18(10-16-8-9-17(24)11-19(16)25)27(23(28)32)14-15-6-4-3-5-7-15/h3-9,11-12H,2,10,13-14H2,1H3,(H,26,31). The fraction of sp³-hybridized carbons (Fsp3) is 0.217. The highest BCUT2D eigenvalue weighted by Crippen LogP contribution is 2.14. The van der Waals surface area contributed by atoms with E-state index in [1.165, 1.54) is 6.07 Å². The van der Waals surface area contributed by atoms with E-state index in [9.17, 15) is 28.0 Å². The molecule has 2 aromatic carbocycles. The fourth-order valence-electron chi connectivity index (χ4n) is 3.19. The minimum absolute atomic E-state index is 0.0107. The zero-order chi connectivity index (χ0) is 24.0. The number of nitrogens with one attached hydrogen (secondary N) is 1. The molecule has 3 rings (SSSR count). The van der Waals surface area contributed by atoms with Crippen LogP contribution in [-0.4, -0.2) is 34.3 Å². The Bertz CT molecular complexity index is 1290. The molecule has 33 heavy (non-hydrogen) atoms. The van der Waals surface area contributed by atoms with Gasteiger partial charge in [-0.2, -0.15) is 4.57 Å². The molecule has 10 heteroatoms. The van der Waals surface area contributed by atoms with Gasteiger partial charge in [0.1, 0.15) is 18.2 Å². The SMILES string of the molecule is CCOC(=O)CNC(=O)n1c(=O)cc(Cc2ccc(F)cc2F)n(Cc2ccccc2)c1=O. The summed E-state index contributed by atoms with van der Waals surface area (Å²) in [7, 11) is 0. The summed E-state index contributed by atoms with van der Waals surface area (Å²) in [6.07, 6.45) is -0.186. The second kappa shape index (κ2) is 10.5. The second-order valence-corrected chi connectivity index (χ2v) is 7.04. The van der Waals surface area contributed by atoms with Crippen molar-refractivity contribution in [3.63, 3.8) is 0 Å². The van der Waals surface area contributed by atoms with Crippen molar-refractivity contribution in [3.05, 3.63) is 104 Å². The lowest BCUT2D eigenvalue weighted by Gasteiger charge is -2.16. The highest BCUT2D eigenvalue weighted by Gasteiger charge is 2.19. The molecule has 1 heterocycles. The van der Waals surface area contributed by atoms with E-state index in [0.717, 1.165) is 16.7 Å². The summed E-state index contributed by atoms with van der Waals surface area (Å²) in [6.45, 7) is 1.16. The number of amides is 1. The Hall–Kier alpha value is -4.08. The summed E-state index contributed by atoms with van der Waals surface area (Å²) in [4.78, 5) is 49.8. The Morgan fingerprint density at radius 1 is 1.03 bits per heavy atom. The van der Waals surface area contributed by atoms with E-state index in [-0.39, 0.29) is 30.8 Å². The molecule has 1 aromatic heterocycles. The average molecular weight is 457 g/mol. The Labute approximate surface area is 187 Å². The molecule has 0 unspecified atom stereocenters. The molecular formula is C23H21F2N3O5. The molecule has 0 aliphatic heterocycles. The van der Waals surface area contributed by atoms with Crippen LogP contribution in [0.25, 0.3) is 0 Å². The maximum atomic E-state index is 14.2. The van der Waals surface area contributed by atoms with Gasteiger partial charge in [0.05, 0.1) is 13.2 Å². The van der Waals surface area contributed by atoms with Crippen molar-refractivity contribution in [1.29, 1.82) is 0 Å². The smallest absolute Gasteiger partial charge is 0.339 e. The summed E-state index contributed by atoms with van der Waals surface area (Å²) in [5.74, 6) is -2.32. The number of hydrogen-bond acceptors (Lipinski definition) is 5. The van der Waals surface area contributed by atoms with Gasteiger partial charge in [-0.3, -0.25) is 14.2 Å². The summed E-state index contributed by atoms with van der Waals surface area (Å²) in [5, 5.41) is 2.18. The first-order chi connectivity index (χ1) is 15.8. The monoisotopic (exact) mass is 457 g/mol. The van der Waals surface area contributed by atoms with Crippen LogP contribution in [0.4, 0.5) is 13.6 Å². The van der Waals surface area contributed by atoms with Crippen molar-refractivity contribution in [1.82, 2.24) is 14.5 Å². The molecule has 172 valence electrons. The van der Waals surface area contributed by atoms with Crippen LogP contribution in [0, 0.1) is 11.6 Å². The van der Waals surface area contributed by atoms with Gasteiger partial charge in [-0.05, 0) is 24.1 Å². The third-order valence-corrected chi connectivity index (χ3v) is 4.74. The van der Waals surface area contributed by atoms with Gasteiger partial charge in [-0.1, -0.05) is 36.4 Å². The van der Waals surface area contributed by atoms with E-state index in [1.807, 2.05) is 0 Å². The molecule has 1 N–H and O–H groups in total. The van der Waals surface area contributed by atoms with Crippen LogP contribution < -0.4 is 16.6 Å². The van der Waals surface area contributed by atoms with Crippen molar-refractivity contribution in [2.24, 2.45) is 0 Å². The van der Waals surface area contributed by atoms with E-state index in [2.05, 4.69) is 5.32 Å². The minimum atomic E-state index is -1.10. The van der Waals surface area contributed by atoms with Crippen LogP contribution in [0.15, 0.2) is 64.2 Å². The molecule has 3 aromatic rings. The maximum absolute atomic E-state index is 14.2. The summed E-state index contributed by atoms with van der Waals surface area (Å²) >= 11 is 0. The first kappa shape index (κ1) is 23.6. The van der Waals surface area contributed by atoms with Gasteiger partial charge in [0.25, 0.3) is 5.56 Å². The molecule has 8 nitrogen and oxygen atoms in total. The molecule has 0 saturated heterocycles. The molecule has 0 aliphatic carbocycles. The summed E-state index contributed by atoms with van der Waals surface area (Å²) < 4.78 is 33.7. The minimum Gasteiger partial charge on any atom is -0.465 e. The third kappa shape index (κ3) is 5.79. The van der Waals surface area contributed by atoms with Crippen LogP contribution in [0.1, 0.15) is 23.7 Å². The van der Waals surface area contributed by atoms with Crippen molar-refractivity contribution < 1.29 is 23.1 Å². The van der Waals surface area contributed by atoms with Gasteiger partial charge in [0.2, 0.25) is 0 Å². The van der Waals surface area contributed by atoms with Crippen LogP contribution in [0.2, 0.25) is 0 Å². The number of carbonyl (C=O) groups is 2. The predicted molar refractivity (Wildman–Crippen MR) is 115 cm³/mol. The summed E-state index contributed by atoms with van der Waals surface area (Å²) in [5.41, 5.74) is -1.03. The number of halogens is 2. The van der Waals surface area contributed by atoms with E-state index < -0.39 is 41.4 Å². The number of rotatable bonds is 7. The number of aromatic nitrogens is 2. The van der Waals surface area contributed by atoms with E-state index in [1.54, 1.807) is 37.3 Å². The lowest BCUT2D eigenvalue weighted by molar-refractivity contribution is -0.141. The van der Waals surface area contributed by atoms with Gasteiger partial charge >= 0.3 is 17.7 Å². The molecule has 0 saturated carbocycles. The van der Waals surface area contributed by atoms with Gasteiger partial charge < -0.3 is 10.1 Å². The highest BCUT2D eigenvalue weighted by atomic mass is 19.1. The van der Waals surface area contributed by atoms with E-state index in [4.69, 9.17) is 4.74 Å². The molecule has 0 radical (unpaired) electrons. The van der Waals surface area contributed by atoms with Crippen LogP contribution in [0.5, 0.6) is 0 Å². The van der Waals surface area contributed by atoms with E-state index in [0.29, 0.717) is 16.2 Å². The molecule has 0 aliphatic rings. The number of benzene rings is 2. The molecule has 0 atom stereocenters. The first-order valence-electron chi connectivity index (χ1n) is 10.1. The zero-order valence-electron chi connectivity index (χ0n) is 17.7. The molecule has 1 amide bonds. The molecule has 0 bridgehead atoms. The Morgan fingerprint density at radius 3 is 2.42 bits per heavy atom. The molecule has 0 spiro atoms. The Morgan fingerprint density at radius 2 is 1.76 bits per heavy atom. The normalized spacial score (nSPS) is 10.6. The Balaban J connectivity index is 2.04. The number of carbonyl (C=O) groups excluding carboxylic acids is 2. The van der Waals surface area contributed by atoms with Crippen molar-refractivity contribution in [3.8, 4) is 0 Å². The van der Waals surface area contributed by atoms with Crippen molar-refractivity contribution >= 4 is 12.0 Å². The van der Waals surface area contributed by atoms with Crippen molar-refractivity contribution in [2.75, 3.05) is 13.2 Å². The molecule has 0 fully saturated rings. The fourth-order valence-corrected chi connectivity index (χ4v) is 3.19. The number of hydrogen-bond donors (Lipinski definition) is 1. The lowest BCUT2D eigenvalue weighted by atomic mass is 10.1. The van der Waals surface area contributed by atoms with Gasteiger partial charge in [-0.25, -0.2) is 18.4 Å². The highest BCUT2D eigenvalue weighted by molar-refractivity contribution is 5.82. The first-order valence-corrected chi connectivity index (χ1v) is 10.1. The second-order valence-electron chi connectivity index (χ2n) is 7.04. The Kier molecular flexibility index (Phi) is 7.50. The van der Waals surface area contributed by atoms with Gasteiger partial charge in [0, 0.05) is 24.2 Å². The molecular weight excluding hydrogens is 436 g/mol. The maximum Gasteiger partial charge on any atom is 0.339 e. The number of esters is 1. The largest absolute Gasteiger partial charge is 0.465 e. The van der Waals surface area contributed by atoms with Crippen LogP contribution in [0.3, 0.4) is 0 Å². The van der Waals surface area contributed by atoms with Crippen molar-refractivity contribution in [2.45, 2.75) is 19.9 Å². The summed E-state index contributed by atoms with van der Waals surface area (Å²) in [6, 6.07) is 11.7. The van der Waals surface area contributed by atoms with Gasteiger partial charge in [-0.15, -0.1) is 0 Å². The van der Waals surface area contributed by atoms with Crippen LogP contribution >= 0.6 is 0 Å². The zero-order valence-corrected chi connectivity index (χ0v) is 17.7. The average Bonchev–Trinajstić information content (AvgIpc) is 2.77. The number of nitrogens with zero attached hydrogens (tertiary/aromatic N) is 2. The lowest BCUT2D eigenvalue weighted by Crippen LogP contribution is -2.49. The number of ether oxygens (including phenoxy) is 1. The quantitative estimate of drug-likeness (QED) is 0.548. The third-order valence-electron chi connectivity index (χ3n) is 4.74. The topological polar surface area (TPSA) is 99.4 Å². The van der Waals surface area contributed by atoms with Gasteiger partial charge in [0.15, 0.2) is 0 Å².